The van der Waals surface area contributed by atoms with E-state index in [9.17, 15) is 9.18 Å². The second-order valence-electron chi connectivity index (χ2n) is 4.29. The fourth-order valence-electron chi connectivity index (χ4n) is 2.06. The molecule has 96 valence electrons. The van der Waals surface area contributed by atoms with Gasteiger partial charge in [0, 0.05) is 12.0 Å². The summed E-state index contributed by atoms with van der Waals surface area (Å²) in [5.41, 5.74) is 1.95. The van der Waals surface area contributed by atoms with Crippen LogP contribution in [0.2, 0.25) is 0 Å². The second-order valence-corrected chi connectivity index (χ2v) is 5.07. The number of ether oxygens (including phenoxy) is 1. The fraction of sp³-hybridized carbons (Fsp3) is 0.133. The minimum Gasteiger partial charge on any atom is -0.492 e. The number of halogens is 1. The number of hydrogen-bond donors (Lipinski definition) is 0. The molecule has 0 aliphatic carbocycles. The molecule has 1 aromatic heterocycles. The predicted octanol–water partition coefficient (Wildman–Crippen LogP) is 3.94. The summed E-state index contributed by atoms with van der Waals surface area (Å²) in [5, 5.41) is 3.93. The van der Waals surface area contributed by atoms with Gasteiger partial charge in [-0.1, -0.05) is 0 Å². The highest BCUT2D eigenvalue weighted by atomic mass is 32.1. The molecule has 4 heteroatoms. The number of carbonyl (C=O) groups is 1. The van der Waals surface area contributed by atoms with Crippen LogP contribution in [0, 0.1) is 5.82 Å². The summed E-state index contributed by atoms with van der Waals surface area (Å²) in [6.07, 6.45) is 2.38. The summed E-state index contributed by atoms with van der Waals surface area (Å²) in [6, 6.07) is 6.00. The molecule has 1 aromatic carbocycles. The second kappa shape index (κ2) is 4.97. The van der Waals surface area contributed by atoms with E-state index in [1.165, 1.54) is 18.2 Å². The lowest BCUT2D eigenvalue weighted by Gasteiger charge is -2.04. The number of rotatable bonds is 1. The SMILES string of the molecule is O=C1/C(=C\c2ccsc2)CCOc2ccc(F)cc21. The molecule has 2 heterocycles. The Bertz CT molecular complexity index is 644. The van der Waals surface area contributed by atoms with Crippen molar-refractivity contribution in [2.75, 3.05) is 6.61 Å². The van der Waals surface area contributed by atoms with Crippen molar-refractivity contribution in [3.8, 4) is 5.75 Å². The molecule has 0 spiro atoms. The van der Waals surface area contributed by atoms with Gasteiger partial charge in [0.2, 0.25) is 0 Å². The van der Waals surface area contributed by atoms with Crippen molar-refractivity contribution in [3.63, 3.8) is 0 Å². The highest BCUT2D eigenvalue weighted by Gasteiger charge is 2.21. The smallest absolute Gasteiger partial charge is 0.192 e. The maximum atomic E-state index is 13.3. The molecule has 1 aliphatic rings. The molecule has 0 radical (unpaired) electrons. The molecule has 0 saturated carbocycles. The van der Waals surface area contributed by atoms with Gasteiger partial charge >= 0.3 is 0 Å². The van der Waals surface area contributed by atoms with Gasteiger partial charge in [-0.2, -0.15) is 11.3 Å². The van der Waals surface area contributed by atoms with Gasteiger partial charge < -0.3 is 4.74 Å². The maximum absolute atomic E-state index is 13.3. The molecule has 1 aliphatic heterocycles. The predicted molar refractivity (Wildman–Crippen MR) is 73.1 cm³/mol. The van der Waals surface area contributed by atoms with Gasteiger partial charge in [-0.25, -0.2) is 4.39 Å². The number of carbonyl (C=O) groups excluding carboxylic acids is 1. The Balaban J connectivity index is 2.04. The van der Waals surface area contributed by atoms with Crippen LogP contribution >= 0.6 is 11.3 Å². The third kappa shape index (κ3) is 2.44. The van der Waals surface area contributed by atoms with Crippen LogP contribution in [0.5, 0.6) is 5.75 Å². The van der Waals surface area contributed by atoms with E-state index >= 15 is 0 Å². The van der Waals surface area contributed by atoms with Crippen molar-refractivity contribution in [1.29, 1.82) is 0 Å². The van der Waals surface area contributed by atoms with E-state index < -0.39 is 5.82 Å². The minimum absolute atomic E-state index is 0.154. The molecule has 19 heavy (non-hydrogen) atoms. The first-order valence-corrected chi connectivity index (χ1v) is 6.88. The Morgan fingerprint density at radius 2 is 2.21 bits per heavy atom. The van der Waals surface area contributed by atoms with Gasteiger partial charge in [-0.3, -0.25) is 4.79 Å². The molecule has 0 N–H and O–H groups in total. The van der Waals surface area contributed by atoms with E-state index in [0.29, 0.717) is 29.9 Å². The summed E-state index contributed by atoms with van der Waals surface area (Å²) < 4.78 is 18.8. The molecule has 0 unspecified atom stereocenters. The van der Waals surface area contributed by atoms with Gasteiger partial charge in [-0.05, 0) is 46.7 Å². The van der Waals surface area contributed by atoms with Crippen LogP contribution in [-0.4, -0.2) is 12.4 Å². The fourth-order valence-corrected chi connectivity index (χ4v) is 2.68. The van der Waals surface area contributed by atoms with Crippen molar-refractivity contribution in [3.05, 3.63) is 57.5 Å². The number of thiophene rings is 1. The third-order valence-electron chi connectivity index (χ3n) is 2.99. The first-order chi connectivity index (χ1) is 9.24. The summed E-state index contributed by atoms with van der Waals surface area (Å²) in [6.45, 7) is 0.431. The van der Waals surface area contributed by atoms with Gasteiger partial charge in [0.1, 0.15) is 11.6 Å². The monoisotopic (exact) mass is 274 g/mol. The summed E-state index contributed by atoms with van der Waals surface area (Å²) in [5.74, 6) is -0.120. The van der Waals surface area contributed by atoms with Crippen LogP contribution < -0.4 is 4.74 Å². The van der Waals surface area contributed by atoms with Crippen LogP contribution in [0.3, 0.4) is 0 Å². The molecular formula is C15H11FO2S. The van der Waals surface area contributed by atoms with E-state index in [2.05, 4.69) is 0 Å². The van der Waals surface area contributed by atoms with Crippen molar-refractivity contribution >= 4 is 23.2 Å². The van der Waals surface area contributed by atoms with Crippen LogP contribution in [-0.2, 0) is 0 Å². The molecule has 0 amide bonds. The number of fused-ring (bicyclic) bond motifs is 1. The van der Waals surface area contributed by atoms with Crippen molar-refractivity contribution in [2.24, 2.45) is 0 Å². The largest absolute Gasteiger partial charge is 0.492 e. The maximum Gasteiger partial charge on any atom is 0.192 e. The summed E-state index contributed by atoms with van der Waals surface area (Å²) in [4.78, 5) is 12.4. The zero-order chi connectivity index (χ0) is 13.2. The lowest BCUT2D eigenvalue weighted by molar-refractivity contribution is 0.103. The van der Waals surface area contributed by atoms with Gasteiger partial charge in [-0.15, -0.1) is 0 Å². The molecule has 2 aromatic rings. The Hall–Kier alpha value is -1.94. The zero-order valence-electron chi connectivity index (χ0n) is 10.1. The number of Topliss-reactive ketones (excluding diaryl/α,β-unsaturated/α-hetero) is 1. The average molecular weight is 274 g/mol. The molecule has 0 fully saturated rings. The van der Waals surface area contributed by atoms with Gasteiger partial charge in [0.25, 0.3) is 0 Å². The standard InChI is InChI=1S/C15H11FO2S/c16-12-1-2-14-13(8-12)15(17)11(3-5-18-14)7-10-4-6-19-9-10/h1-2,4,6-9H,3,5H2/b11-7-. The Morgan fingerprint density at radius 1 is 1.32 bits per heavy atom. The quantitative estimate of drug-likeness (QED) is 0.736. The van der Waals surface area contributed by atoms with E-state index in [0.717, 1.165) is 5.56 Å². The number of hydrogen-bond acceptors (Lipinski definition) is 3. The molecular weight excluding hydrogens is 263 g/mol. The topological polar surface area (TPSA) is 26.3 Å². The number of ketones is 1. The Labute approximate surface area is 114 Å². The lowest BCUT2D eigenvalue weighted by atomic mass is 10.00. The molecule has 0 atom stereocenters. The van der Waals surface area contributed by atoms with E-state index in [1.54, 1.807) is 11.3 Å². The van der Waals surface area contributed by atoms with Gasteiger partial charge in [0.15, 0.2) is 5.78 Å². The normalized spacial score (nSPS) is 16.9. The van der Waals surface area contributed by atoms with Crippen LogP contribution in [0.1, 0.15) is 22.3 Å². The minimum atomic E-state index is -0.424. The third-order valence-corrected chi connectivity index (χ3v) is 3.69. The Morgan fingerprint density at radius 3 is 3.00 bits per heavy atom. The zero-order valence-corrected chi connectivity index (χ0v) is 10.9. The van der Waals surface area contributed by atoms with Crippen LogP contribution in [0.25, 0.3) is 6.08 Å². The molecule has 0 bridgehead atoms. The number of benzene rings is 1. The van der Waals surface area contributed by atoms with Crippen molar-refractivity contribution in [1.82, 2.24) is 0 Å². The summed E-state index contributed by atoms with van der Waals surface area (Å²) >= 11 is 1.58. The molecule has 2 nitrogen and oxygen atoms in total. The van der Waals surface area contributed by atoms with Gasteiger partial charge in [0.05, 0.1) is 12.2 Å². The van der Waals surface area contributed by atoms with Crippen LogP contribution in [0.4, 0.5) is 4.39 Å². The van der Waals surface area contributed by atoms with Crippen LogP contribution in [0.15, 0.2) is 40.6 Å². The highest BCUT2D eigenvalue weighted by molar-refractivity contribution is 7.08. The van der Waals surface area contributed by atoms with Crippen molar-refractivity contribution in [2.45, 2.75) is 6.42 Å². The lowest BCUT2D eigenvalue weighted by Crippen LogP contribution is -2.02. The van der Waals surface area contributed by atoms with E-state index in [4.69, 9.17) is 4.74 Å². The Kier molecular flexibility index (Phi) is 3.17. The van der Waals surface area contributed by atoms with E-state index in [-0.39, 0.29) is 5.78 Å². The first-order valence-electron chi connectivity index (χ1n) is 5.94. The van der Waals surface area contributed by atoms with Crippen molar-refractivity contribution < 1.29 is 13.9 Å². The summed E-state index contributed by atoms with van der Waals surface area (Å²) in [7, 11) is 0. The first kappa shape index (κ1) is 12.1. The molecule has 0 saturated heterocycles. The average Bonchev–Trinajstić information content (AvgIpc) is 2.86. The van der Waals surface area contributed by atoms with E-state index in [1.807, 2.05) is 22.9 Å². The highest BCUT2D eigenvalue weighted by Crippen LogP contribution is 2.28. The molecule has 3 rings (SSSR count).